The largest absolute Gasteiger partial charge is 0.478 e. The van der Waals surface area contributed by atoms with Crippen molar-refractivity contribution in [3.63, 3.8) is 0 Å². The van der Waals surface area contributed by atoms with Gasteiger partial charge in [-0.05, 0) is 18.2 Å². The molecule has 7 heteroatoms. The minimum atomic E-state index is -1.13. The predicted molar refractivity (Wildman–Crippen MR) is 77.7 cm³/mol. The number of amides is 1. The second-order valence-corrected chi connectivity index (χ2v) is 4.48. The fourth-order valence-corrected chi connectivity index (χ4v) is 1.68. The van der Waals surface area contributed by atoms with E-state index in [1.165, 1.54) is 24.7 Å². The van der Waals surface area contributed by atoms with Crippen LogP contribution in [-0.4, -0.2) is 41.0 Å². The molecule has 7 nitrogen and oxygen atoms in total. The number of pyridine rings is 2. The fourth-order valence-electron chi connectivity index (χ4n) is 1.68. The van der Waals surface area contributed by atoms with E-state index >= 15 is 0 Å². The van der Waals surface area contributed by atoms with Gasteiger partial charge in [-0.2, -0.15) is 0 Å². The predicted octanol–water partition coefficient (Wildman–Crippen LogP) is 1.49. The highest BCUT2D eigenvalue weighted by molar-refractivity contribution is 6.07. The van der Waals surface area contributed by atoms with Crippen molar-refractivity contribution in [2.75, 3.05) is 24.3 Å². The quantitative estimate of drug-likeness (QED) is 0.884. The Bertz CT molecular complexity index is 685. The van der Waals surface area contributed by atoms with E-state index in [0.29, 0.717) is 11.4 Å². The number of nitrogens with zero attached hydrogens (tertiary/aromatic N) is 3. The van der Waals surface area contributed by atoms with Crippen LogP contribution in [0.25, 0.3) is 0 Å². The fraction of sp³-hybridized carbons (Fsp3) is 0.143. The maximum Gasteiger partial charge on any atom is 0.337 e. The van der Waals surface area contributed by atoms with Gasteiger partial charge >= 0.3 is 5.97 Å². The minimum Gasteiger partial charge on any atom is -0.478 e. The number of hydrogen-bond donors (Lipinski definition) is 2. The van der Waals surface area contributed by atoms with Crippen molar-refractivity contribution >= 4 is 23.4 Å². The molecular formula is C14H14N4O3. The second kappa shape index (κ2) is 6.00. The van der Waals surface area contributed by atoms with Gasteiger partial charge in [0.25, 0.3) is 5.91 Å². The third-order valence-electron chi connectivity index (χ3n) is 2.77. The van der Waals surface area contributed by atoms with Gasteiger partial charge < -0.3 is 15.3 Å². The number of aromatic nitrogens is 2. The smallest absolute Gasteiger partial charge is 0.337 e. The number of anilines is 2. The average molecular weight is 286 g/mol. The Morgan fingerprint density at radius 3 is 2.67 bits per heavy atom. The average Bonchev–Trinajstić information content (AvgIpc) is 2.47. The highest BCUT2D eigenvalue weighted by Crippen LogP contribution is 2.16. The van der Waals surface area contributed by atoms with Crippen molar-refractivity contribution in [1.82, 2.24) is 9.97 Å². The summed E-state index contributed by atoms with van der Waals surface area (Å²) in [5.74, 6) is -0.917. The molecule has 0 saturated carbocycles. The van der Waals surface area contributed by atoms with Crippen molar-refractivity contribution in [2.24, 2.45) is 0 Å². The van der Waals surface area contributed by atoms with E-state index in [1.54, 1.807) is 17.0 Å². The lowest BCUT2D eigenvalue weighted by Gasteiger charge is -2.12. The van der Waals surface area contributed by atoms with Crippen LogP contribution in [0.2, 0.25) is 0 Å². The molecule has 0 saturated heterocycles. The number of rotatable bonds is 4. The van der Waals surface area contributed by atoms with Gasteiger partial charge in [0, 0.05) is 32.1 Å². The van der Waals surface area contributed by atoms with Crippen LogP contribution in [-0.2, 0) is 0 Å². The first-order valence-corrected chi connectivity index (χ1v) is 6.11. The van der Waals surface area contributed by atoms with Crippen LogP contribution in [0.15, 0.2) is 36.8 Å². The molecule has 21 heavy (non-hydrogen) atoms. The molecule has 0 unspecified atom stereocenters. The van der Waals surface area contributed by atoms with Crippen molar-refractivity contribution < 1.29 is 14.7 Å². The van der Waals surface area contributed by atoms with Gasteiger partial charge in [-0.25, -0.2) is 9.78 Å². The van der Waals surface area contributed by atoms with Crippen LogP contribution in [0.1, 0.15) is 20.7 Å². The molecule has 2 N–H and O–H groups in total. The highest BCUT2D eigenvalue weighted by Gasteiger charge is 2.14. The van der Waals surface area contributed by atoms with Gasteiger partial charge in [0.1, 0.15) is 5.82 Å². The number of carboxylic acids is 1. The van der Waals surface area contributed by atoms with Crippen molar-refractivity contribution in [1.29, 1.82) is 0 Å². The van der Waals surface area contributed by atoms with E-state index in [-0.39, 0.29) is 11.3 Å². The normalized spacial score (nSPS) is 10.0. The van der Waals surface area contributed by atoms with Crippen molar-refractivity contribution in [3.8, 4) is 0 Å². The van der Waals surface area contributed by atoms with Crippen LogP contribution in [0, 0.1) is 0 Å². The maximum atomic E-state index is 12.2. The second-order valence-electron chi connectivity index (χ2n) is 4.48. The molecule has 0 aliphatic heterocycles. The summed E-state index contributed by atoms with van der Waals surface area (Å²) in [5.41, 5.74) is 0.521. The van der Waals surface area contributed by atoms with E-state index in [4.69, 9.17) is 5.11 Å². The molecule has 0 radical (unpaired) electrons. The van der Waals surface area contributed by atoms with Crippen LogP contribution >= 0.6 is 0 Å². The molecule has 2 aromatic rings. The molecule has 1 amide bonds. The summed E-state index contributed by atoms with van der Waals surface area (Å²) in [5, 5.41) is 11.6. The molecule has 2 heterocycles. The molecule has 108 valence electrons. The Balaban J connectivity index is 2.26. The first kappa shape index (κ1) is 14.4. The Morgan fingerprint density at radius 1 is 1.24 bits per heavy atom. The van der Waals surface area contributed by atoms with Gasteiger partial charge in [-0.15, -0.1) is 0 Å². The monoisotopic (exact) mass is 286 g/mol. The minimum absolute atomic E-state index is 0.0137. The van der Waals surface area contributed by atoms with Crippen LogP contribution in [0.3, 0.4) is 0 Å². The Labute approximate surface area is 121 Å². The standard InChI is InChI=1S/C14H14N4O3/c1-18(2)12-7-9(3-6-16-12)13(19)17-11-8-15-5-4-10(11)14(20)21/h3-8H,1-2H3,(H,17,19)(H,20,21). The number of nitrogens with one attached hydrogen (secondary N) is 1. The summed E-state index contributed by atoms with van der Waals surface area (Å²) in [6.07, 6.45) is 4.18. The van der Waals surface area contributed by atoms with Crippen LogP contribution in [0.5, 0.6) is 0 Å². The first-order valence-electron chi connectivity index (χ1n) is 6.11. The number of carboxylic acid groups (broad SMARTS) is 1. The van der Waals surface area contributed by atoms with E-state index in [1.807, 2.05) is 14.1 Å². The summed E-state index contributed by atoms with van der Waals surface area (Å²) in [6.45, 7) is 0. The first-order chi connectivity index (χ1) is 9.99. The Kier molecular flexibility index (Phi) is 4.13. The lowest BCUT2D eigenvalue weighted by Crippen LogP contribution is -2.17. The van der Waals surface area contributed by atoms with Crippen LogP contribution < -0.4 is 10.2 Å². The van der Waals surface area contributed by atoms with E-state index < -0.39 is 11.9 Å². The van der Waals surface area contributed by atoms with Crippen LogP contribution in [0.4, 0.5) is 11.5 Å². The molecule has 0 spiro atoms. The molecule has 0 aliphatic rings. The summed E-state index contributed by atoms with van der Waals surface area (Å²) < 4.78 is 0. The topological polar surface area (TPSA) is 95.4 Å². The van der Waals surface area contributed by atoms with Gasteiger partial charge in [0.05, 0.1) is 17.4 Å². The van der Waals surface area contributed by atoms with E-state index in [2.05, 4.69) is 15.3 Å². The molecule has 0 bridgehead atoms. The molecule has 0 aliphatic carbocycles. The molecule has 0 aromatic carbocycles. The molecular weight excluding hydrogens is 272 g/mol. The third kappa shape index (κ3) is 3.33. The zero-order valence-corrected chi connectivity index (χ0v) is 11.6. The van der Waals surface area contributed by atoms with Gasteiger partial charge in [-0.1, -0.05) is 0 Å². The lowest BCUT2D eigenvalue weighted by molar-refractivity contribution is 0.0698. The summed E-state index contributed by atoms with van der Waals surface area (Å²) in [4.78, 5) is 33.0. The third-order valence-corrected chi connectivity index (χ3v) is 2.77. The highest BCUT2D eigenvalue weighted by atomic mass is 16.4. The zero-order valence-electron chi connectivity index (χ0n) is 11.6. The van der Waals surface area contributed by atoms with Gasteiger partial charge in [0.15, 0.2) is 0 Å². The molecule has 2 rings (SSSR count). The van der Waals surface area contributed by atoms with Gasteiger partial charge in [0.2, 0.25) is 0 Å². The summed E-state index contributed by atoms with van der Waals surface area (Å²) in [7, 11) is 3.63. The number of carbonyl (C=O) groups is 2. The van der Waals surface area contributed by atoms with Gasteiger partial charge in [-0.3, -0.25) is 9.78 Å². The zero-order chi connectivity index (χ0) is 15.4. The van der Waals surface area contributed by atoms with E-state index in [0.717, 1.165) is 0 Å². The SMILES string of the molecule is CN(C)c1cc(C(=O)Nc2cnccc2C(=O)O)ccn1. The molecule has 0 atom stereocenters. The number of carbonyl (C=O) groups excluding carboxylic acids is 1. The van der Waals surface area contributed by atoms with Crippen molar-refractivity contribution in [2.45, 2.75) is 0 Å². The Morgan fingerprint density at radius 2 is 2.00 bits per heavy atom. The van der Waals surface area contributed by atoms with Crippen molar-refractivity contribution in [3.05, 3.63) is 47.9 Å². The maximum absolute atomic E-state index is 12.2. The summed E-state index contributed by atoms with van der Waals surface area (Å²) in [6, 6.07) is 4.50. The summed E-state index contributed by atoms with van der Waals surface area (Å²) >= 11 is 0. The molecule has 2 aromatic heterocycles. The number of hydrogen-bond acceptors (Lipinski definition) is 5. The lowest BCUT2D eigenvalue weighted by atomic mass is 10.2. The molecule has 0 fully saturated rings. The number of aromatic carboxylic acids is 1. The Hall–Kier alpha value is -2.96. The van der Waals surface area contributed by atoms with E-state index in [9.17, 15) is 9.59 Å².